The number of carbonyl (C=O) groups excluding carboxylic acids is 2. The van der Waals surface area contributed by atoms with Crippen molar-refractivity contribution >= 4 is 28.6 Å². The molecule has 0 rings (SSSR count). The monoisotopic (exact) mass is 500 g/mol. The van der Waals surface area contributed by atoms with Crippen LogP contribution in [-0.4, -0.2) is 55.0 Å². The summed E-state index contributed by atoms with van der Waals surface area (Å²) in [6, 6.07) is 0. The summed E-state index contributed by atoms with van der Waals surface area (Å²) in [5, 5.41) is 0. The van der Waals surface area contributed by atoms with E-state index in [0.29, 0.717) is 26.1 Å². The summed E-state index contributed by atoms with van der Waals surface area (Å²) in [7, 11) is -3.40. The average Bonchev–Trinajstić information content (AvgIpc) is 2.75. The molecule has 0 amide bonds. The molecule has 0 saturated heterocycles. The zero-order chi connectivity index (χ0) is 25.4. The number of esters is 2. The summed E-state index contributed by atoms with van der Waals surface area (Å²) in [5.74, 6) is -0.415. The van der Waals surface area contributed by atoms with Gasteiger partial charge in [-0.05, 0) is 51.9 Å². The Kier molecular flexibility index (Phi) is 15.8. The van der Waals surface area contributed by atoms with E-state index in [4.69, 9.17) is 18.3 Å². The van der Waals surface area contributed by atoms with Crippen LogP contribution in [0.5, 0.6) is 0 Å². The highest BCUT2D eigenvalue weighted by molar-refractivity contribution is 6.76. The van der Waals surface area contributed by atoms with Gasteiger partial charge in [-0.1, -0.05) is 38.1 Å². The third kappa shape index (κ3) is 18.8. The minimum absolute atomic E-state index is 0.207. The molecule has 0 radical (unpaired) electrons. The van der Waals surface area contributed by atoms with Crippen LogP contribution in [0.15, 0.2) is 24.6 Å². The number of carbonyl (C=O) groups is 2. The molecule has 0 aliphatic rings. The van der Waals surface area contributed by atoms with Crippen molar-refractivity contribution in [3.63, 3.8) is 0 Å². The van der Waals surface area contributed by atoms with Crippen molar-refractivity contribution in [2.45, 2.75) is 91.4 Å². The molecule has 0 unspecified atom stereocenters. The molecule has 0 aromatic carbocycles. The smallest absolute Gasteiger partial charge is 0.305 e. The number of unbranched alkanes of at least 4 members (excludes halogenated alkanes) is 4. The fourth-order valence-electron chi connectivity index (χ4n) is 2.62. The van der Waals surface area contributed by atoms with Crippen LogP contribution in [-0.2, 0) is 27.9 Å². The standard InChI is InChI=1S/C25H48O6Si2/c1-9-32(5,6)30-19-15-11-13-17-23(26)28-21-25(3,4)22-29-24(27)18-14-12-16-20-31-33(7,8)10-2/h9-10H,1-2,11-22H2,3-8H3. The van der Waals surface area contributed by atoms with Crippen molar-refractivity contribution < 1.29 is 27.9 Å². The molecule has 6 nitrogen and oxygen atoms in total. The second-order valence-electron chi connectivity index (χ2n) is 10.4. The Morgan fingerprint density at radius 1 is 0.697 bits per heavy atom. The molecule has 0 spiro atoms. The van der Waals surface area contributed by atoms with Gasteiger partial charge in [0.1, 0.15) is 0 Å². The van der Waals surface area contributed by atoms with E-state index in [1.807, 2.05) is 25.2 Å². The number of rotatable bonds is 20. The highest BCUT2D eigenvalue weighted by Gasteiger charge is 2.23. The lowest BCUT2D eigenvalue weighted by Crippen LogP contribution is -2.28. The van der Waals surface area contributed by atoms with E-state index in [1.165, 1.54) is 0 Å². The first-order valence-corrected chi connectivity index (χ1v) is 18.2. The summed E-state index contributed by atoms with van der Waals surface area (Å²) in [4.78, 5) is 24.0. The second-order valence-corrected chi connectivity index (χ2v) is 18.2. The molecule has 0 aliphatic carbocycles. The number of ether oxygens (including phenoxy) is 2. The second kappa shape index (κ2) is 16.4. The van der Waals surface area contributed by atoms with Crippen molar-refractivity contribution in [3.8, 4) is 0 Å². The Balaban J connectivity index is 3.83. The van der Waals surface area contributed by atoms with Crippen LogP contribution in [0.2, 0.25) is 26.2 Å². The molecule has 8 heteroatoms. The average molecular weight is 501 g/mol. The van der Waals surface area contributed by atoms with Crippen molar-refractivity contribution in [3.05, 3.63) is 24.6 Å². The Labute approximate surface area is 204 Å². The van der Waals surface area contributed by atoms with Crippen molar-refractivity contribution in [2.24, 2.45) is 5.41 Å². The Morgan fingerprint density at radius 2 is 1.06 bits per heavy atom. The Morgan fingerprint density at radius 3 is 1.39 bits per heavy atom. The van der Waals surface area contributed by atoms with Gasteiger partial charge in [0, 0.05) is 31.5 Å². The zero-order valence-corrected chi connectivity index (χ0v) is 24.0. The fraction of sp³-hybridized carbons (Fsp3) is 0.760. The van der Waals surface area contributed by atoms with Gasteiger partial charge in [0.25, 0.3) is 0 Å². The minimum atomic E-state index is -1.70. The van der Waals surface area contributed by atoms with E-state index in [9.17, 15) is 9.59 Å². The topological polar surface area (TPSA) is 71.1 Å². The maximum Gasteiger partial charge on any atom is 0.305 e. The van der Waals surface area contributed by atoms with Gasteiger partial charge in [-0.15, -0.1) is 13.2 Å². The van der Waals surface area contributed by atoms with Crippen molar-refractivity contribution in [1.82, 2.24) is 0 Å². The molecule has 0 N–H and O–H groups in total. The van der Waals surface area contributed by atoms with Gasteiger partial charge < -0.3 is 18.3 Å². The summed E-state index contributed by atoms with van der Waals surface area (Å²) in [5.41, 5.74) is 3.44. The van der Waals surface area contributed by atoms with Gasteiger partial charge in [0.05, 0.1) is 13.2 Å². The lowest BCUT2D eigenvalue weighted by atomic mass is 9.96. The van der Waals surface area contributed by atoms with Crippen molar-refractivity contribution in [1.29, 1.82) is 0 Å². The summed E-state index contributed by atoms with van der Waals surface area (Å²) < 4.78 is 22.5. The normalized spacial score (nSPS) is 12.3. The molecule has 0 fully saturated rings. The fourth-order valence-corrected chi connectivity index (χ4v) is 4.20. The van der Waals surface area contributed by atoms with Gasteiger partial charge in [0.15, 0.2) is 0 Å². The van der Waals surface area contributed by atoms with Gasteiger partial charge >= 0.3 is 11.9 Å². The maximum absolute atomic E-state index is 12.0. The first-order chi connectivity index (χ1) is 15.3. The quantitative estimate of drug-likeness (QED) is 0.114. The molecule has 0 aliphatic heterocycles. The minimum Gasteiger partial charge on any atom is -0.465 e. The Hall–Kier alpha value is -1.23. The molecule has 0 aromatic rings. The lowest BCUT2D eigenvalue weighted by Gasteiger charge is -2.23. The third-order valence-electron chi connectivity index (χ3n) is 5.23. The molecular formula is C25H48O6Si2. The van der Waals surface area contributed by atoms with Crippen LogP contribution in [0.4, 0.5) is 0 Å². The van der Waals surface area contributed by atoms with Crippen LogP contribution >= 0.6 is 0 Å². The van der Waals surface area contributed by atoms with E-state index in [1.54, 1.807) is 0 Å². The van der Waals surface area contributed by atoms with E-state index in [-0.39, 0.29) is 25.2 Å². The van der Waals surface area contributed by atoms with Crippen molar-refractivity contribution in [2.75, 3.05) is 26.4 Å². The molecule has 192 valence electrons. The molecule has 33 heavy (non-hydrogen) atoms. The number of hydrogen-bond donors (Lipinski definition) is 0. The van der Waals surface area contributed by atoms with Crippen LogP contribution in [0, 0.1) is 5.41 Å². The summed E-state index contributed by atoms with van der Waals surface area (Å²) in [6.45, 7) is 21.8. The van der Waals surface area contributed by atoms with E-state index in [2.05, 4.69) is 39.3 Å². The predicted octanol–water partition coefficient (Wildman–Crippen LogP) is 6.11. The maximum atomic E-state index is 12.0. The van der Waals surface area contributed by atoms with E-state index in [0.717, 1.165) is 38.5 Å². The lowest BCUT2D eigenvalue weighted by molar-refractivity contribution is -0.152. The molecule has 0 bridgehead atoms. The highest BCUT2D eigenvalue weighted by atomic mass is 28.4. The first kappa shape index (κ1) is 31.8. The predicted molar refractivity (Wildman–Crippen MR) is 140 cm³/mol. The molecule has 0 aromatic heterocycles. The molecule has 0 saturated carbocycles. The van der Waals surface area contributed by atoms with Gasteiger partial charge in [-0.2, -0.15) is 0 Å². The summed E-state index contributed by atoms with van der Waals surface area (Å²) >= 11 is 0. The zero-order valence-electron chi connectivity index (χ0n) is 22.0. The van der Waals surface area contributed by atoms with Gasteiger partial charge in [-0.3, -0.25) is 9.59 Å². The third-order valence-corrected chi connectivity index (χ3v) is 9.09. The van der Waals surface area contributed by atoms with Crippen LogP contribution in [0.3, 0.4) is 0 Å². The van der Waals surface area contributed by atoms with E-state index >= 15 is 0 Å². The Bertz CT molecular complexity index is 552. The van der Waals surface area contributed by atoms with Gasteiger partial charge in [0.2, 0.25) is 16.6 Å². The van der Waals surface area contributed by atoms with Crippen LogP contribution in [0.25, 0.3) is 0 Å². The van der Waals surface area contributed by atoms with Gasteiger partial charge in [-0.25, -0.2) is 0 Å². The van der Waals surface area contributed by atoms with Crippen LogP contribution < -0.4 is 0 Å². The molecule has 0 heterocycles. The van der Waals surface area contributed by atoms with Crippen LogP contribution in [0.1, 0.15) is 65.2 Å². The largest absolute Gasteiger partial charge is 0.465 e. The molecule has 0 atom stereocenters. The van der Waals surface area contributed by atoms with E-state index < -0.39 is 22.0 Å². The summed E-state index contributed by atoms with van der Waals surface area (Å²) in [6.07, 6.45) is 6.08. The number of hydrogen-bond acceptors (Lipinski definition) is 6. The first-order valence-electron chi connectivity index (χ1n) is 12.2. The SMILES string of the molecule is C=C[Si](C)(C)OCCCCCC(=O)OCC(C)(C)COC(=O)CCCCCO[Si](C)(C)C=C. The molecular weight excluding hydrogens is 452 g/mol. The highest BCUT2D eigenvalue weighted by Crippen LogP contribution is 2.18.